The maximum Gasteiger partial charge on any atom is 0.242 e. The van der Waals surface area contributed by atoms with E-state index in [-0.39, 0.29) is 24.3 Å². The number of rotatable bonds is 7. The van der Waals surface area contributed by atoms with Crippen LogP contribution in [0.3, 0.4) is 0 Å². The lowest BCUT2D eigenvalue weighted by molar-refractivity contribution is -0.141. The van der Waals surface area contributed by atoms with Gasteiger partial charge in [-0.05, 0) is 20.3 Å². The van der Waals surface area contributed by atoms with Gasteiger partial charge in [0.2, 0.25) is 11.8 Å². The second kappa shape index (κ2) is 8.09. The third-order valence-corrected chi connectivity index (χ3v) is 3.01. The summed E-state index contributed by atoms with van der Waals surface area (Å²) in [6, 6.07) is 0. The molecule has 17 heavy (non-hydrogen) atoms. The van der Waals surface area contributed by atoms with E-state index in [2.05, 4.69) is 6.92 Å². The summed E-state index contributed by atoms with van der Waals surface area (Å²) < 4.78 is 0. The van der Waals surface area contributed by atoms with Gasteiger partial charge in [-0.2, -0.15) is 0 Å². The number of nitrogens with zero attached hydrogens (tertiary/aromatic N) is 2. The Morgan fingerprint density at radius 2 is 1.65 bits per heavy atom. The van der Waals surface area contributed by atoms with Gasteiger partial charge in [0.25, 0.3) is 0 Å². The molecule has 0 aliphatic rings. The van der Waals surface area contributed by atoms with E-state index in [0.717, 1.165) is 12.8 Å². The molecule has 0 bridgehead atoms. The Kier molecular flexibility index (Phi) is 7.59. The van der Waals surface area contributed by atoms with Crippen molar-refractivity contribution in [3.63, 3.8) is 0 Å². The van der Waals surface area contributed by atoms with Crippen LogP contribution in [0.25, 0.3) is 0 Å². The second-order valence-electron chi connectivity index (χ2n) is 4.45. The molecule has 1 atom stereocenters. The van der Waals surface area contributed by atoms with Gasteiger partial charge in [-0.15, -0.1) is 0 Å². The molecule has 0 heterocycles. The molecule has 0 saturated carbocycles. The summed E-state index contributed by atoms with van der Waals surface area (Å²) in [6.45, 7) is 9.46. The molecule has 0 spiro atoms. The molecule has 100 valence electrons. The summed E-state index contributed by atoms with van der Waals surface area (Å²) in [5, 5.41) is 0. The molecule has 0 radical (unpaired) electrons. The minimum absolute atomic E-state index is 0.00880. The van der Waals surface area contributed by atoms with Crippen molar-refractivity contribution in [1.82, 2.24) is 9.80 Å². The fraction of sp³-hybridized carbons (Fsp3) is 0.846. The number of hydrogen-bond donors (Lipinski definition) is 0. The molecule has 4 nitrogen and oxygen atoms in total. The normalized spacial score (nSPS) is 12.1. The molecule has 0 aromatic heterocycles. The summed E-state index contributed by atoms with van der Waals surface area (Å²) in [4.78, 5) is 27.0. The highest BCUT2D eigenvalue weighted by atomic mass is 16.2. The van der Waals surface area contributed by atoms with Crippen LogP contribution >= 0.6 is 0 Å². The van der Waals surface area contributed by atoms with E-state index < -0.39 is 0 Å². The number of hydrogen-bond acceptors (Lipinski definition) is 2. The fourth-order valence-electron chi connectivity index (χ4n) is 1.89. The van der Waals surface area contributed by atoms with Gasteiger partial charge in [0.05, 0.1) is 6.54 Å². The molecule has 0 aliphatic carbocycles. The molecule has 0 aromatic carbocycles. The Morgan fingerprint density at radius 3 is 2.06 bits per heavy atom. The van der Waals surface area contributed by atoms with Gasteiger partial charge in [0.1, 0.15) is 0 Å². The monoisotopic (exact) mass is 242 g/mol. The van der Waals surface area contributed by atoms with Crippen LogP contribution < -0.4 is 0 Å². The van der Waals surface area contributed by atoms with Gasteiger partial charge in [-0.3, -0.25) is 9.59 Å². The Morgan fingerprint density at radius 1 is 1.12 bits per heavy atom. The van der Waals surface area contributed by atoms with Gasteiger partial charge < -0.3 is 9.80 Å². The number of carbonyl (C=O) groups is 2. The van der Waals surface area contributed by atoms with E-state index in [4.69, 9.17) is 0 Å². The molecule has 0 aromatic rings. The predicted molar refractivity (Wildman–Crippen MR) is 69.6 cm³/mol. The van der Waals surface area contributed by atoms with Gasteiger partial charge in [0.15, 0.2) is 0 Å². The molecule has 0 N–H and O–H groups in total. The van der Waals surface area contributed by atoms with Crippen LogP contribution in [-0.2, 0) is 9.59 Å². The Hall–Kier alpha value is -1.06. The van der Waals surface area contributed by atoms with Gasteiger partial charge in [0, 0.05) is 26.1 Å². The summed E-state index contributed by atoms with van der Waals surface area (Å²) in [6.07, 6.45) is 1.87. The highest BCUT2D eigenvalue weighted by molar-refractivity contribution is 5.85. The van der Waals surface area contributed by atoms with Crippen molar-refractivity contribution in [2.75, 3.05) is 26.7 Å². The number of amides is 2. The molecular weight excluding hydrogens is 216 g/mol. The minimum atomic E-state index is 0.00880. The van der Waals surface area contributed by atoms with Gasteiger partial charge >= 0.3 is 0 Å². The molecule has 0 rings (SSSR count). The van der Waals surface area contributed by atoms with E-state index in [9.17, 15) is 9.59 Å². The maximum atomic E-state index is 11.9. The van der Waals surface area contributed by atoms with Crippen molar-refractivity contribution in [3.05, 3.63) is 0 Å². The SMILES string of the molecule is CCCC(C)C(=O)N(C)CC(=O)N(CC)CC. The lowest BCUT2D eigenvalue weighted by Crippen LogP contribution is -2.42. The first-order valence-corrected chi connectivity index (χ1v) is 6.50. The number of carbonyl (C=O) groups excluding carboxylic acids is 2. The zero-order valence-corrected chi connectivity index (χ0v) is 11.8. The Balaban J connectivity index is 4.28. The van der Waals surface area contributed by atoms with Crippen LogP contribution in [0.5, 0.6) is 0 Å². The van der Waals surface area contributed by atoms with Crippen LogP contribution in [0.2, 0.25) is 0 Å². The molecule has 0 aliphatic heterocycles. The summed E-state index contributed by atoms with van der Waals surface area (Å²) in [7, 11) is 1.70. The fourth-order valence-corrected chi connectivity index (χ4v) is 1.89. The van der Waals surface area contributed by atoms with Crippen molar-refractivity contribution in [3.8, 4) is 0 Å². The molecule has 4 heteroatoms. The zero-order chi connectivity index (χ0) is 13.4. The lowest BCUT2D eigenvalue weighted by Gasteiger charge is -2.25. The van der Waals surface area contributed by atoms with Crippen molar-refractivity contribution in [2.45, 2.75) is 40.5 Å². The maximum absolute atomic E-state index is 11.9. The highest BCUT2D eigenvalue weighted by Gasteiger charge is 2.20. The predicted octanol–water partition coefficient (Wildman–Crippen LogP) is 1.75. The first-order valence-electron chi connectivity index (χ1n) is 6.50. The van der Waals surface area contributed by atoms with E-state index in [1.165, 1.54) is 0 Å². The minimum Gasteiger partial charge on any atom is -0.342 e. The quantitative estimate of drug-likeness (QED) is 0.682. The summed E-state index contributed by atoms with van der Waals surface area (Å²) in [5.41, 5.74) is 0. The van der Waals surface area contributed by atoms with Crippen molar-refractivity contribution in [1.29, 1.82) is 0 Å². The Bertz CT molecular complexity index is 250. The zero-order valence-electron chi connectivity index (χ0n) is 11.8. The van der Waals surface area contributed by atoms with Crippen LogP contribution in [0.15, 0.2) is 0 Å². The molecular formula is C13H26N2O2. The summed E-state index contributed by atoms with van der Waals surface area (Å²) in [5.74, 6) is 0.0939. The van der Waals surface area contributed by atoms with Gasteiger partial charge in [-0.25, -0.2) is 0 Å². The van der Waals surface area contributed by atoms with Crippen molar-refractivity contribution < 1.29 is 9.59 Å². The van der Waals surface area contributed by atoms with Crippen LogP contribution in [0.1, 0.15) is 40.5 Å². The van der Waals surface area contributed by atoms with E-state index in [0.29, 0.717) is 13.1 Å². The lowest BCUT2D eigenvalue weighted by atomic mass is 10.1. The molecule has 0 saturated heterocycles. The molecule has 0 fully saturated rings. The largest absolute Gasteiger partial charge is 0.342 e. The third-order valence-electron chi connectivity index (χ3n) is 3.01. The van der Waals surface area contributed by atoms with Crippen LogP contribution in [-0.4, -0.2) is 48.3 Å². The van der Waals surface area contributed by atoms with Crippen LogP contribution in [0, 0.1) is 5.92 Å². The average molecular weight is 242 g/mol. The van der Waals surface area contributed by atoms with Crippen LogP contribution in [0.4, 0.5) is 0 Å². The van der Waals surface area contributed by atoms with E-state index in [1.807, 2.05) is 20.8 Å². The first-order chi connectivity index (χ1) is 7.97. The second-order valence-corrected chi connectivity index (χ2v) is 4.45. The smallest absolute Gasteiger partial charge is 0.242 e. The van der Waals surface area contributed by atoms with Crippen molar-refractivity contribution >= 4 is 11.8 Å². The van der Waals surface area contributed by atoms with Gasteiger partial charge in [-0.1, -0.05) is 20.3 Å². The first kappa shape index (κ1) is 15.9. The van der Waals surface area contributed by atoms with E-state index >= 15 is 0 Å². The third kappa shape index (κ3) is 5.20. The topological polar surface area (TPSA) is 40.6 Å². The number of likely N-dealkylation sites (N-methyl/N-ethyl adjacent to an activating group) is 2. The molecule has 1 unspecified atom stereocenters. The van der Waals surface area contributed by atoms with E-state index in [1.54, 1.807) is 16.8 Å². The highest BCUT2D eigenvalue weighted by Crippen LogP contribution is 2.08. The summed E-state index contributed by atoms with van der Waals surface area (Å²) >= 11 is 0. The average Bonchev–Trinajstić information content (AvgIpc) is 2.29. The molecule has 2 amide bonds. The van der Waals surface area contributed by atoms with Crippen molar-refractivity contribution in [2.24, 2.45) is 5.92 Å². The Labute approximate surface area is 105 Å². The standard InChI is InChI=1S/C13H26N2O2/c1-6-9-11(4)13(17)14(5)10-12(16)15(7-2)8-3/h11H,6-10H2,1-5H3.